The van der Waals surface area contributed by atoms with E-state index >= 15 is 0 Å². The van der Waals surface area contributed by atoms with Gasteiger partial charge in [-0.05, 0) is 77.0 Å². The molecule has 1 amide bonds. The fraction of sp³-hybridized carbons (Fsp3) is 0.823. The SMILES string of the molecule is CCCCCCCCCCC/C=C\C/C=C\CCCCCCCCCCCCCCCC(=O)NC(CO)C(O)/C=C/CC/C=C/CC/C=C/CCCCCCCCCCCCCCCCC. The molecule has 0 spiro atoms. The van der Waals surface area contributed by atoms with Gasteiger partial charge in [-0.3, -0.25) is 4.79 Å². The Balaban J connectivity index is 3.55. The molecule has 0 rings (SSSR count). The number of allylic oxidation sites excluding steroid dienone is 9. The molecule has 0 aliphatic heterocycles. The van der Waals surface area contributed by atoms with Gasteiger partial charge in [-0.1, -0.05) is 286 Å². The summed E-state index contributed by atoms with van der Waals surface area (Å²) in [5.41, 5.74) is 0. The maximum atomic E-state index is 12.5. The summed E-state index contributed by atoms with van der Waals surface area (Å²) < 4.78 is 0. The van der Waals surface area contributed by atoms with E-state index < -0.39 is 12.1 Å². The van der Waals surface area contributed by atoms with E-state index in [4.69, 9.17) is 0 Å². The summed E-state index contributed by atoms with van der Waals surface area (Å²) in [6.45, 7) is 4.32. The molecule has 0 aromatic carbocycles. The number of hydrogen-bond acceptors (Lipinski definition) is 3. The normalized spacial score (nSPS) is 13.2. The van der Waals surface area contributed by atoms with E-state index in [1.165, 1.54) is 244 Å². The average molecular weight is 923 g/mol. The third kappa shape index (κ3) is 53.1. The van der Waals surface area contributed by atoms with Gasteiger partial charge in [-0.15, -0.1) is 0 Å². The first kappa shape index (κ1) is 64.1. The van der Waals surface area contributed by atoms with Gasteiger partial charge in [0.05, 0.1) is 18.8 Å². The van der Waals surface area contributed by atoms with Crippen molar-refractivity contribution in [3.63, 3.8) is 0 Å². The molecule has 386 valence electrons. The molecule has 0 bridgehead atoms. The number of nitrogens with one attached hydrogen (secondary N) is 1. The molecular formula is C62H115NO3. The molecule has 2 atom stereocenters. The van der Waals surface area contributed by atoms with E-state index in [1.807, 2.05) is 6.08 Å². The van der Waals surface area contributed by atoms with Gasteiger partial charge in [-0.25, -0.2) is 0 Å². The van der Waals surface area contributed by atoms with E-state index in [-0.39, 0.29) is 12.5 Å². The predicted octanol–water partition coefficient (Wildman–Crippen LogP) is 19.6. The zero-order valence-electron chi connectivity index (χ0n) is 44.5. The van der Waals surface area contributed by atoms with Crippen LogP contribution in [0.5, 0.6) is 0 Å². The zero-order chi connectivity index (χ0) is 47.7. The summed E-state index contributed by atoms with van der Waals surface area (Å²) in [4.78, 5) is 12.5. The van der Waals surface area contributed by atoms with Crippen molar-refractivity contribution in [3.05, 3.63) is 60.8 Å². The van der Waals surface area contributed by atoms with Crippen LogP contribution in [-0.2, 0) is 4.79 Å². The molecule has 0 radical (unpaired) electrons. The molecule has 4 nitrogen and oxygen atoms in total. The lowest BCUT2D eigenvalue weighted by Gasteiger charge is -2.19. The highest BCUT2D eigenvalue weighted by Gasteiger charge is 2.18. The van der Waals surface area contributed by atoms with Crippen molar-refractivity contribution in [2.24, 2.45) is 0 Å². The summed E-state index contributed by atoms with van der Waals surface area (Å²) in [5, 5.41) is 23.2. The molecule has 2 unspecified atom stereocenters. The molecular weight excluding hydrogens is 807 g/mol. The molecule has 0 aromatic heterocycles. The van der Waals surface area contributed by atoms with E-state index in [2.05, 4.69) is 67.8 Å². The van der Waals surface area contributed by atoms with Crippen LogP contribution in [0.15, 0.2) is 60.8 Å². The summed E-state index contributed by atoms with van der Waals surface area (Å²) in [6.07, 6.45) is 81.1. The van der Waals surface area contributed by atoms with Gasteiger partial charge < -0.3 is 15.5 Å². The number of unbranched alkanes of at least 4 members (excludes halogenated alkanes) is 39. The Labute approximate surface area is 413 Å². The van der Waals surface area contributed by atoms with Gasteiger partial charge in [0.25, 0.3) is 0 Å². The van der Waals surface area contributed by atoms with Crippen molar-refractivity contribution in [1.82, 2.24) is 5.32 Å². The second kappa shape index (κ2) is 57.4. The number of aliphatic hydroxyl groups is 2. The largest absolute Gasteiger partial charge is 0.394 e. The van der Waals surface area contributed by atoms with Crippen LogP contribution < -0.4 is 5.32 Å². The summed E-state index contributed by atoms with van der Waals surface area (Å²) >= 11 is 0. The first-order chi connectivity index (χ1) is 32.7. The van der Waals surface area contributed by atoms with Crippen molar-refractivity contribution < 1.29 is 15.0 Å². The molecule has 0 saturated carbocycles. The van der Waals surface area contributed by atoms with Crippen molar-refractivity contribution in [2.45, 2.75) is 321 Å². The lowest BCUT2D eigenvalue weighted by molar-refractivity contribution is -0.123. The summed E-state index contributed by atoms with van der Waals surface area (Å²) in [7, 11) is 0. The minimum atomic E-state index is -0.874. The van der Waals surface area contributed by atoms with E-state index in [0.717, 1.165) is 44.9 Å². The van der Waals surface area contributed by atoms with Crippen molar-refractivity contribution in [3.8, 4) is 0 Å². The Hall–Kier alpha value is -1.91. The molecule has 4 heteroatoms. The highest BCUT2D eigenvalue weighted by molar-refractivity contribution is 5.76. The standard InChI is InChI=1S/C62H115NO3/c1-3-5-7-9-11-13-15-17-19-21-23-25-27-29-30-31-32-34-36-38-40-42-44-46-48-50-52-54-56-58-62(66)63-60(59-64)61(65)57-55-53-51-49-47-45-43-41-39-37-35-33-28-26-24-22-20-18-16-14-12-10-8-6-4-2/h23,25,29-30,39,41,47,49,55,57,60-61,64-65H,3-22,24,26-28,31-38,40,42-46,48,50-54,56,58-59H2,1-2H3,(H,63,66)/b25-23-,30-29-,41-39+,49-47+,57-55+. The maximum absolute atomic E-state index is 12.5. The Morgan fingerprint density at radius 1 is 0.364 bits per heavy atom. The minimum absolute atomic E-state index is 0.0767. The number of amides is 1. The van der Waals surface area contributed by atoms with Gasteiger partial charge in [0.1, 0.15) is 0 Å². The number of hydrogen-bond donors (Lipinski definition) is 3. The fourth-order valence-corrected chi connectivity index (χ4v) is 8.95. The molecule has 3 N–H and O–H groups in total. The third-order valence-electron chi connectivity index (χ3n) is 13.5. The highest BCUT2D eigenvalue weighted by Crippen LogP contribution is 2.16. The first-order valence-corrected chi connectivity index (χ1v) is 29.5. The predicted molar refractivity (Wildman–Crippen MR) is 294 cm³/mol. The lowest BCUT2D eigenvalue weighted by Crippen LogP contribution is -2.45. The van der Waals surface area contributed by atoms with Crippen molar-refractivity contribution in [2.75, 3.05) is 6.61 Å². The molecule has 66 heavy (non-hydrogen) atoms. The van der Waals surface area contributed by atoms with Crippen molar-refractivity contribution >= 4 is 5.91 Å². The fourth-order valence-electron chi connectivity index (χ4n) is 8.95. The summed E-state index contributed by atoms with van der Waals surface area (Å²) in [5.74, 6) is -0.0767. The molecule has 0 aliphatic rings. The average Bonchev–Trinajstić information content (AvgIpc) is 3.32. The molecule has 0 fully saturated rings. The monoisotopic (exact) mass is 922 g/mol. The van der Waals surface area contributed by atoms with Crippen LogP contribution in [0.3, 0.4) is 0 Å². The van der Waals surface area contributed by atoms with E-state index in [0.29, 0.717) is 6.42 Å². The molecule has 0 saturated heterocycles. The zero-order valence-corrected chi connectivity index (χ0v) is 44.5. The first-order valence-electron chi connectivity index (χ1n) is 29.5. The summed E-state index contributed by atoms with van der Waals surface area (Å²) in [6, 6.07) is -0.649. The van der Waals surface area contributed by atoms with Gasteiger partial charge >= 0.3 is 0 Å². The quantitative estimate of drug-likeness (QED) is 0.0420. The van der Waals surface area contributed by atoms with Crippen LogP contribution >= 0.6 is 0 Å². The smallest absolute Gasteiger partial charge is 0.220 e. The number of carbonyl (C=O) groups excluding carboxylic acids is 1. The van der Waals surface area contributed by atoms with Crippen LogP contribution in [0.4, 0.5) is 0 Å². The third-order valence-corrected chi connectivity index (χ3v) is 13.5. The topological polar surface area (TPSA) is 69.6 Å². The van der Waals surface area contributed by atoms with Gasteiger partial charge in [0, 0.05) is 6.42 Å². The van der Waals surface area contributed by atoms with Crippen LogP contribution in [0.2, 0.25) is 0 Å². The van der Waals surface area contributed by atoms with Gasteiger partial charge in [0.15, 0.2) is 0 Å². The highest BCUT2D eigenvalue weighted by atomic mass is 16.3. The van der Waals surface area contributed by atoms with Crippen LogP contribution in [0.25, 0.3) is 0 Å². The van der Waals surface area contributed by atoms with Crippen molar-refractivity contribution in [1.29, 1.82) is 0 Å². The molecule has 0 aliphatic carbocycles. The second-order valence-electron chi connectivity index (χ2n) is 20.0. The lowest BCUT2D eigenvalue weighted by atomic mass is 10.0. The van der Waals surface area contributed by atoms with Crippen LogP contribution in [0, 0.1) is 0 Å². The Bertz CT molecular complexity index is 1090. The number of carbonyl (C=O) groups is 1. The van der Waals surface area contributed by atoms with Gasteiger partial charge in [0.2, 0.25) is 5.91 Å². The van der Waals surface area contributed by atoms with Gasteiger partial charge in [-0.2, -0.15) is 0 Å². The van der Waals surface area contributed by atoms with Crippen LogP contribution in [-0.4, -0.2) is 34.9 Å². The van der Waals surface area contributed by atoms with E-state index in [1.54, 1.807) is 6.08 Å². The Morgan fingerprint density at radius 3 is 0.970 bits per heavy atom. The number of aliphatic hydroxyl groups excluding tert-OH is 2. The Kier molecular flexibility index (Phi) is 55.7. The minimum Gasteiger partial charge on any atom is -0.394 e. The van der Waals surface area contributed by atoms with E-state index in [9.17, 15) is 15.0 Å². The number of rotatable bonds is 54. The molecule has 0 heterocycles. The Morgan fingerprint density at radius 2 is 0.636 bits per heavy atom. The van der Waals surface area contributed by atoms with Crippen LogP contribution in [0.1, 0.15) is 309 Å². The second-order valence-corrected chi connectivity index (χ2v) is 20.0. The molecule has 0 aromatic rings. The maximum Gasteiger partial charge on any atom is 0.220 e.